The Morgan fingerprint density at radius 2 is 1.51 bits per heavy atom. The van der Waals surface area contributed by atoms with Gasteiger partial charge in [-0.05, 0) is 70.6 Å². The van der Waals surface area contributed by atoms with Crippen LogP contribution in [0.4, 0.5) is 4.79 Å². The van der Waals surface area contributed by atoms with Crippen LogP contribution in [0.1, 0.15) is 105 Å². The van der Waals surface area contributed by atoms with Gasteiger partial charge in [-0.2, -0.15) is 0 Å². The van der Waals surface area contributed by atoms with Crippen molar-refractivity contribution in [1.29, 1.82) is 0 Å². The molecule has 0 aromatic carbocycles. The Bertz CT molecular complexity index is 1130. The van der Waals surface area contributed by atoms with E-state index < -0.39 is 59.3 Å². The van der Waals surface area contributed by atoms with Gasteiger partial charge in [0.25, 0.3) is 5.91 Å². The van der Waals surface area contributed by atoms with Gasteiger partial charge in [-0.1, -0.05) is 51.9 Å². The summed E-state index contributed by atoms with van der Waals surface area (Å²) in [5.74, 6) is -2.78. The average molecular weight is 632 g/mol. The van der Waals surface area contributed by atoms with E-state index in [9.17, 15) is 28.8 Å². The van der Waals surface area contributed by atoms with E-state index in [1.807, 2.05) is 27.7 Å². The van der Waals surface area contributed by atoms with Crippen molar-refractivity contribution in [1.82, 2.24) is 25.8 Å². The molecule has 3 unspecified atom stereocenters. The molecule has 5 amide bonds. The molecular formula is C33H53N5O7. The highest BCUT2D eigenvalue weighted by Gasteiger charge is 2.47. The van der Waals surface area contributed by atoms with Crippen LogP contribution >= 0.6 is 0 Å². The molecule has 45 heavy (non-hydrogen) atoms. The second-order valence-corrected chi connectivity index (χ2v) is 14.4. The molecule has 2 aliphatic carbocycles. The smallest absolute Gasteiger partial charge is 0.328 e. The van der Waals surface area contributed by atoms with Crippen LogP contribution in [0.5, 0.6) is 0 Å². The number of hydrogen-bond donors (Lipinski definition) is 3. The fraction of sp³-hybridized carbons (Fsp3) is 0.818. The third kappa shape index (κ3) is 8.35. The summed E-state index contributed by atoms with van der Waals surface area (Å²) < 4.78 is 4.79. The van der Waals surface area contributed by atoms with E-state index >= 15 is 0 Å². The molecule has 2 aliphatic heterocycles. The van der Waals surface area contributed by atoms with Gasteiger partial charge in [-0.25, -0.2) is 9.59 Å². The molecule has 0 bridgehead atoms. The minimum absolute atomic E-state index is 0.0359. The van der Waals surface area contributed by atoms with E-state index in [4.69, 9.17) is 4.74 Å². The lowest BCUT2D eigenvalue weighted by atomic mass is 9.79. The number of carbonyl (C=O) groups is 6. The monoisotopic (exact) mass is 631 g/mol. The van der Waals surface area contributed by atoms with Gasteiger partial charge in [0.15, 0.2) is 0 Å². The van der Waals surface area contributed by atoms with Crippen LogP contribution < -0.4 is 16.0 Å². The van der Waals surface area contributed by atoms with Crippen molar-refractivity contribution in [3.8, 4) is 0 Å². The van der Waals surface area contributed by atoms with Gasteiger partial charge in [0.1, 0.15) is 18.1 Å². The lowest BCUT2D eigenvalue weighted by Gasteiger charge is -2.39. The summed E-state index contributed by atoms with van der Waals surface area (Å²) in [6, 6.07) is -3.85. The molecule has 0 radical (unpaired) electrons. The first kappa shape index (κ1) is 34.7. The van der Waals surface area contributed by atoms with Gasteiger partial charge in [0.2, 0.25) is 17.6 Å². The summed E-state index contributed by atoms with van der Waals surface area (Å²) in [5, 5.41) is 8.75. The van der Waals surface area contributed by atoms with Crippen LogP contribution in [0.25, 0.3) is 0 Å². The Morgan fingerprint density at radius 1 is 0.844 bits per heavy atom. The fourth-order valence-corrected chi connectivity index (χ4v) is 7.28. The first-order chi connectivity index (χ1) is 21.3. The predicted octanol–water partition coefficient (Wildman–Crippen LogP) is 2.68. The largest absolute Gasteiger partial charge is 0.467 e. The van der Waals surface area contributed by atoms with E-state index in [2.05, 4.69) is 16.0 Å². The van der Waals surface area contributed by atoms with Crippen LogP contribution in [0.3, 0.4) is 0 Å². The first-order valence-electron chi connectivity index (χ1n) is 17.0. The van der Waals surface area contributed by atoms with Gasteiger partial charge in [0.05, 0.1) is 13.2 Å². The van der Waals surface area contributed by atoms with E-state index in [-0.39, 0.29) is 30.2 Å². The zero-order valence-corrected chi connectivity index (χ0v) is 27.7. The number of nitrogens with one attached hydrogen (secondary N) is 3. The third-order valence-corrected chi connectivity index (χ3v) is 10.2. The fourth-order valence-electron chi connectivity index (χ4n) is 7.28. The van der Waals surface area contributed by atoms with E-state index in [1.165, 1.54) is 12.0 Å². The third-order valence-electron chi connectivity index (χ3n) is 10.2. The Hall–Kier alpha value is -3.18. The number of rotatable bonds is 11. The standard InChI is InChI=1S/C33H53N5O7/c1-6-21-15-17-38(29(41)25(22-13-8-7-9-14-22)35-32(44)36-33(2,3)4)26(21)28(40)34-23(19-20-11-10-12-20)27(39)30(42)37-18-16-24(37)31(43)45-5/h20-26H,6-19H2,1-5H3,(H,34,40)(H2,35,36,44)/t21-,23?,24?,25-,26?/m0/s1. The highest BCUT2D eigenvalue weighted by Crippen LogP contribution is 2.34. The molecule has 252 valence electrons. The zero-order chi connectivity index (χ0) is 32.9. The topological polar surface area (TPSA) is 154 Å². The van der Waals surface area contributed by atoms with Crippen molar-refractivity contribution in [2.45, 2.75) is 134 Å². The van der Waals surface area contributed by atoms with Crippen molar-refractivity contribution < 1.29 is 33.5 Å². The van der Waals surface area contributed by atoms with Gasteiger partial charge in [0, 0.05) is 18.6 Å². The van der Waals surface area contributed by atoms with Crippen LogP contribution in [0, 0.1) is 17.8 Å². The Morgan fingerprint density at radius 3 is 2.04 bits per heavy atom. The Balaban J connectivity index is 1.53. The molecule has 4 aliphatic rings. The Kier molecular flexibility index (Phi) is 11.5. The van der Waals surface area contributed by atoms with Crippen molar-refractivity contribution in [2.75, 3.05) is 20.2 Å². The first-order valence-corrected chi connectivity index (χ1v) is 17.0. The summed E-state index contributed by atoms with van der Waals surface area (Å²) in [6.07, 6.45) is 9.58. The molecule has 4 fully saturated rings. The number of ether oxygens (including phenoxy) is 1. The lowest BCUT2D eigenvalue weighted by molar-refractivity contribution is -0.163. The minimum atomic E-state index is -1.05. The maximum absolute atomic E-state index is 14.3. The van der Waals surface area contributed by atoms with Crippen LogP contribution in [0.15, 0.2) is 0 Å². The zero-order valence-electron chi connectivity index (χ0n) is 27.7. The van der Waals surface area contributed by atoms with Crippen molar-refractivity contribution >= 4 is 35.5 Å². The lowest BCUT2D eigenvalue weighted by Crippen LogP contribution is -2.62. The molecule has 2 saturated carbocycles. The van der Waals surface area contributed by atoms with Crippen LogP contribution in [-0.4, -0.2) is 95.2 Å². The number of urea groups is 1. The van der Waals surface area contributed by atoms with E-state index in [1.54, 1.807) is 4.90 Å². The van der Waals surface area contributed by atoms with Crippen molar-refractivity contribution in [3.63, 3.8) is 0 Å². The number of Topliss-reactive ketones (excluding diaryl/α,β-unsaturated/α-hetero) is 1. The number of carbonyl (C=O) groups excluding carboxylic acids is 6. The number of likely N-dealkylation sites (tertiary alicyclic amines) is 2. The molecule has 2 saturated heterocycles. The molecule has 0 aromatic heterocycles. The predicted molar refractivity (Wildman–Crippen MR) is 167 cm³/mol. The summed E-state index contributed by atoms with van der Waals surface area (Å²) in [7, 11) is 1.24. The molecule has 12 heteroatoms. The van der Waals surface area contributed by atoms with Gasteiger partial charge >= 0.3 is 12.0 Å². The molecule has 0 aromatic rings. The summed E-state index contributed by atoms with van der Waals surface area (Å²) >= 11 is 0. The molecule has 2 heterocycles. The molecule has 5 atom stereocenters. The number of esters is 1. The molecule has 3 N–H and O–H groups in total. The molecule has 12 nitrogen and oxygen atoms in total. The normalized spacial score (nSPS) is 25.3. The second-order valence-electron chi connectivity index (χ2n) is 14.4. The SMILES string of the molecule is CC[C@H]1CCN(C(=O)[C@@H](NC(=O)NC(C)(C)C)C2CCCCC2)C1C(=O)NC(CC1CCC1)C(=O)C(=O)N1CCC1C(=O)OC. The number of ketones is 1. The van der Waals surface area contributed by atoms with E-state index in [0.29, 0.717) is 32.2 Å². The number of nitrogens with zero attached hydrogens (tertiary/aromatic N) is 2. The Labute approximate surface area is 267 Å². The van der Waals surface area contributed by atoms with Gasteiger partial charge in [-0.3, -0.25) is 19.2 Å². The highest BCUT2D eigenvalue weighted by molar-refractivity contribution is 6.39. The molecular weight excluding hydrogens is 578 g/mol. The maximum Gasteiger partial charge on any atom is 0.328 e. The molecule has 4 rings (SSSR count). The van der Waals surface area contributed by atoms with Crippen LogP contribution in [-0.2, 0) is 28.7 Å². The summed E-state index contributed by atoms with van der Waals surface area (Å²) in [6.45, 7) is 8.25. The minimum Gasteiger partial charge on any atom is -0.467 e. The summed E-state index contributed by atoms with van der Waals surface area (Å²) in [4.78, 5) is 83.1. The maximum atomic E-state index is 14.3. The summed E-state index contributed by atoms with van der Waals surface area (Å²) in [5.41, 5.74) is -0.486. The number of amides is 5. The molecule has 0 spiro atoms. The quantitative estimate of drug-likeness (QED) is 0.234. The van der Waals surface area contributed by atoms with Crippen LogP contribution in [0.2, 0.25) is 0 Å². The highest BCUT2D eigenvalue weighted by atomic mass is 16.5. The number of hydrogen-bond acceptors (Lipinski definition) is 7. The van der Waals surface area contributed by atoms with E-state index in [0.717, 1.165) is 51.4 Å². The number of methoxy groups -OCH3 is 1. The second kappa shape index (κ2) is 14.9. The van der Waals surface area contributed by atoms with Crippen molar-refractivity contribution in [2.24, 2.45) is 17.8 Å². The van der Waals surface area contributed by atoms with Gasteiger partial charge < -0.3 is 30.5 Å². The average Bonchev–Trinajstić information content (AvgIpc) is 3.39. The van der Waals surface area contributed by atoms with Crippen molar-refractivity contribution in [3.05, 3.63) is 0 Å². The van der Waals surface area contributed by atoms with Gasteiger partial charge in [-0.15, -0.1) is 0 Å².